The van der Waals surface area contributed by atoms with Crippen LogP contribution in [0, 0.1) is 5.92 Å². The molecule has 0 saturated heterocycles. The van der Waals surface area contributed by atoms with Crippen LogP contribution in [0.5, 0.6) is 5.75 Å². The summed E-state index contributed by atoms with van der Waals surface area (Å²) in [5, 5.41) is 20.9. The Bertz CT molecular complexity index is 1070. The van der Waals surface area contributed by atoms with E-state index in [9.17, 15) is 5.11 Å². The van der Waals surface area contributed by atoms with Crippen LogP contribution in [0.1, 0.15) is 78.4 Å². The second kappa shape index (κ2) is 10.9. The lowest BCUT2D eigenvalue weighted by Gasteiger charge is -2.24. The van der Waals surface area contributed by atoms with E-state index in [2.05, 4.69) is 57.8 Å². The third-order valence-electron chi connectivity index (χ3n) is 6.20. The Labute approximate surface area is 203 Å². The summed E-state index contributed by atoms with van der Waals surface area (Å²) < 4.78 is 6.24. The highest BCUT2D eigenvalue weighted by Crippen LogP contribution is 2.36. The van der Waals surface area contributed by atoms with Crippen molar-refractivity contribution < 1.29 is 9.84 Å². The van der Waals surface area contributed by atoms with Crippen molar-refractivity contribution in [1.29, 1.82) is 0 Å². The number of phenolic OH excluding ortho intramolecular Hbond substituents is 1. The van der Waals surface area contributed by atoms with Gasteiger partial charge in [-0.2, -0.15) is 0 Å². The second-order valence-corrected chi connectivity index (χ2v) is 10.6. The molecule has 0 aliphatic heterocycles. The van der Waals surface area contributed by atoms with Gasteiger partial charge in [0.05, 0.1) is 6.10 Å². The third kappa shape index (κ3) is 6.48. The van der Waals surface area contributed by atoms with Gasteiger partial charge in [0.15, 0.2) is 0 Å². The molecule has 0 aliphatic carbocycles. The lowest BCUT2D eigenvalue weighted by atomic mass is 9.84. The maximum atomic E-state index is 11.1. The van der Waals surface area contributed by atoms with E-state index in [1.54, 1.807) is 12.1 Å². The number of hydrogen-bond donors (Lipinski definition) is 1. The van der Waals surface area contributed by atoms with Crippen LogP contribution in [0.3, 0.4) is 0 Å². The first-order chi connectivity index (χ1) is 15.6. The summed E-state index contributed by atoms with van der Waals surface area (Å²) in [6, 6.07) is 9.48. The van der Waals surface area contributed by atoms with E-state index in [0.717, 1.165) is 36.1 Å². The SMILES string of the molecule is CCCCC(CC)COC(C)Cc1cc(-n2nc3ccc(Cl)cc3n2)c(O)c(C(C)(C)C)c1. The highest BCUT2D eigenvalue weighted by molar-refractivity contribution is 6.31. The van der Waals surface area contributed by atoms with Crippen molar-refractivity contribution in [3.8, 4) is 11.4 Å². The molecule has 0 saturated carbocycles. The molecule has 0 bridgehead atoms. The lowest BCUT2D eigenvalue weighted by molar-refractivity contribution is 0.0370. The molecule has 0 fully saturated rings. The third-order valence-corrected chi connectivity index (χ3v) is 6.43. The maximum absolute atomic E-state index is 11.1. The Morgan fingerprint density at radius 1 is 1.09 bits per heavy atom. The molecule has 6 heteroatoms. The van der Waals surface area contributed by atoms with Gasteiger partial charge in [-0.3, -0.25) is 0 Å². The van der Waals surface area contributed by atoms with Gasteiger partial charge in [0, 0.05) is 17.2 Å². The van der Waals surface area contributed by atoms with Crippen molar-refractivity contribution in [3.63, 3.8) is 0 Å². The minimum Gasteiger partial charge on any atom is -0.505 e. The summed E-state index contributed by atoms with van der Waals surface area (Å²) in [5.41, 5.74) is 3.74. The van der Waals surface area contributed by atoms with E-state index in [0.29, 0.717) is 22.1 Å². The maximum Gasteiger partial charge on any atom is 0.146 e. The van der Waals surface area contributed by atoms with E-state index in [1.165, 1.54) is 24.1 Å². The van der Waals surface area contributed by atoms with Crippen molar-refractivity contribution >= 4 is 22.6 Å². The van der Waals surface area contributed by atoms with Gasteiger partial charge in [-0.05, 0) is 60.9 Å². The number of aromatic hydroxyl groups is 1. The molecule has 180 valence electrons. The first-order valence-electron chi connectivity index (χ1n) is 12.1. The number of aromatic nitrogens is 3. The minimum absolute atomic E-state index is 0.0781. The molecule has 2 atom stereocenters. The molecule has 1 aromatic heterocycles. The fourth-order valence-electron chi connectivity index (χ4n) is 4.10. The average Bonchev–Trinajstić information content (AvgIpc) is 3.17. The molecule has 5 nitrogen and oxygen atoms in total. The molecule has 2 unspecified atom stereocenters. The number of benzene rings is 2. The molecule has 1 heterocycles. The Balaban J connectivity index is 1.89. The van der Waals surface area contributed by atoms with Crippen LogP contribution < -0.4 is 0 Å². The zero-order valence-electron chi connectivity index (χ0n) is 20.9. The molecular weight excluding hydrogens is 434 g/mol. The smallest absolute Gasteiger partial charge is 0.146 e. The lowest BCUT2D eigenvalue weighted by Crippen LogP contribution is -2.19. The molecule has 0 aliphatic rings. The molecule has 1 N–H and O–H groups in total. The molecule has 33 heavy (non-hydrogen) atoms. The van der Waals surface area contributed by atoms with E-state index in [4.69, 9.17) is 16.3 Å². The summed E-state index contributed by atoms with van der Waals surface area (Å²) >= 11 is 6.12. The van der Waals surface area contributed by atoms with Gasteiger partial charge in [-0.1, -0.05) is 71.5 Å². The Kier molecular flexibility index (Phi) is 8.41. The van der Waals surface area contributed by atoms with Crippen LogP contribution >= 0.6 is 11.6 Å². The Hall–Kier alpha value is -2.11. The zero-order chi connectivity index (χ0) is 24.2. The quantitative estimate of drug-likeness (QED) is 0.338. The topological polar surface area (TPSA) is 60.2 Å². The van der Waals surface area contributed by atoms with Crippen LogP contribution in [-0.4, -0.2) is 32.8 Å². The van der Waals surface area contributed by atoms with Gasteiger partial charge in [0.1, 0.15) is 22.5 Å². The second-order valence-electron chi connectivity index (χ2n) is 10.1. The van der Waals surface area contributed by atoms with Gasteiger partial charge < -0.3 is 9.84 Å². The number of nitrogens with zero attached hydrogens (tertiary/aromatic N) is 3. The molecule has 3 rings (SSSR count). The van der Waals surface area contributed by atoms with Crippen molar-refractivity contribution in [2.75, 3.05) is 6.61 Å². The normalized spacial score (nSPS) is 14.0. The zero-order valence-corrected chi connectivity index (χ0v) is 21.6. The highest BCUT2D eigenvalue weighted by Gasteiger charge is 2.24. The first kappa shape index (κ1) is 25.5. The number of halogens is 1. The minimum atomic E-state index is -0.234. The summed E-state index contributed by atoms with van der Waals surface area (Å²) in [6.07, 6.45) is 5.68. The van der Waals surface area contributed by atoms with E-state index >= 15 is 0 Å². The summed E-state index contributed by atoms with van der Waals surface area (Å²) in [7, 11) is 0. The van der Waals surface area contributed by atoms with E-state index < -0.39 is 0 Å². The molecule has 0 amide bonds. The van der Waals surface area contributed by atoms with Crippen molar-refractivity contribution in [1.82, 2.24) is 15.0 Å². The predicted molar refractivity (Wildman–Crippen MR) is 137 cm³/mol. The fourth-order valence-corrected chi connectivity index (χ4v) is 4.27. The van der Waals surface area contributed by atoms with Crippen LogP contribution in [0.25, 0.3) is 16.7 Å². The summed E-state index contributed by atoms with van der Waals surface area (Å²) in [6.45, 7) is 13.7. The standard InChI is InChI=1S/C27H38ClN3O2/c1-7-9-10-19(8-2)17-33-18(3)13-20-14-22(27(4,5)6)26(32)25(15-20)31-29-23-12-11-21(28)16-24(23)30-31/h11-12,14-16,18-19,32H,7-10,13,17H2,1-6H3. The van der Waals surface area contributed by atoms with Crippen molar-refractivity contribution in [2.24, 2.45) is 5.92 Å². The number of phenols is 1. The van der Waals surface area contributed by atoms with Crippen LogP contribution in [0.2, 0.25) is 5.02 Å². The Morgan fingerprint density at radius 2 is 1.82 bits per heavy atom. The highest BCUT2D eigenvalue weighted by atomic mass is 35.5. The predicted octanol–water partition coefficient (Wildman–Crippen LogP) is 7.24. The van der Waals surface area contributed by atoms with Gasteiger partial charge in [-0.25, -0.2) is 0 Å². The number of ether oxygens (including phenoxy) is 1. The van der Waals surface area contributed by atoms with E-state index in [-0.39, 0.29) is 17.3 Å². The van der Waals surface area contributed by atoms with Crippen molar-refractivity contribution in [3.05, 3.63) is 46.5 Å². The molecular formula is C27H38ClN3O2. The van der Waals surface area contributed by atoms with Crippen molar-refractivity contribution in [2.45, 2.75) is 85.2 Å². The van der Waals surface area contributed by atoms with Gasteiger partial charge >= 0.3 is 0 Å². The van der Waals surface area contributed by atoms with Gasteiger partial charge in [0.2, 0.25) is 0 Å². The number of hydrogen-bond acceptors (Lipinski definition) is 4. The fraction of sp³-hybridized carbons (Fsp3) is 0.556. The molecule has 3 aromatic rings. The number of unbranched alkanes of at least 4 members (excludes halogenated alkanes) is 1. The molecule has 0 radical (unpaired) electrons. The van der Waals surface area contributed by atoms with Crippen LogP contribution in [0.4, 0.5) is 0 Å². The van der Waals surface area contributed by atoms with Crippen LogP contribution in [0.15, 0.2) is 30.3 Å². The molecule has 2 aromatic carbocycles. The first-order valence-corrected chi connectivity index (χ1v) is 12.5. The number of rotatable bonds is 10. The van der Waals surface area contributed by atoms with Gasteiger partial charge in [-0.15, -0.1) is 15.0 Å². The molecule has 0 spiro atoms. The van der Waals surface area contributed by atoms with Crippen LogP contribution in [-0.2, 0) is 16.6 Å². The number of fused-ring (bicyclic) bond motifs is 1. The summed E-state index contributed by atoms with van der Waals surface area (Å²) in [4.78, 5) is 1.51. The Morgan fingerprint density at radius 3 is 2.48 bits per heavy atom. The average molecular weight is 472 g/mol. The summed E-state index contributed by atoms with van der Waals surface area (Å²) in [5.74, 6) is 0.817. The monoisotopic (exact) mass is 471 g/mol. The van der Waals surface area contributed by atoms with Gasteiger partial charge in [0.25, 0.3) is 0 Å². The largest absolute Gasteiger partial charge is 0.505 e. The van der Waals surface area contributed by atoms with E-state index in [1.807, 2.05) is 12.1 Å².